The number of nitrogens with one attached hydrogen (secondary N) is 2. The molecule has 0 unspecified atom stereocenters. The third-order valence-corrected chi connectivity index (χ3v) is 5.06. The molecule has 0 saturated carbocycles. The molecule has 2 N–H and O–H groups in total. The second-order valence-corrected chi connectivity index (χ2v) is 6.87. The Morgan fingerprint density at radius 2 is 1.67 bits per heavy atom. The number of aromatic nitrogens is 4. The second kappa shape index (κ2) is 7.75. The highest BCUT2D eigenvalue weighted by molar-refractivity contribution is 9.10. The van der Waals surface area contributed by atoms with Gasteiger partial charge in [-0.05, 0) is 60.1 Å². The summed E-state index contributed by atoms with van der Waals surface area (Å²) in [6, 6.07) is 8.52. The highest BCUT2D eigenvalue weighted by Crippen LogP contribution is 2.19. The van der Waals surface area contributed by atoms with Gasteiger partial charge in [0.2, 0.25) is 5.91 Å². The van der Waals surface area contributed by atoms with Gasteiger partial charge in [0.1, 0.15) is 6.67 Å². The minimum absolute atomic E-state index is 0.146. The van der Waals surface area contributed by atoms with Crippen LogP contribution >= 0.6 is 15.9 Å². The van der Waals surface area contributed by atoms with Crippen LogP contribution in [0.5, 0.6) is 0 Å². The molecule has 0 aliphatic rings. The predicted molar refractivity (Wildman–Crippen MR) is 106 cm³/mol. The summed E-state index contributed by atoms with van der Waals surface area (Å²) in [6.45, 7) is 5.74. The van der Waals surface area contributed by atoms with E-state index in [0.29, 0.717) is 23.7 Å². The van der Waals surface area contributed by atoms with E-state index in [4.69, 9.17) is 0 Å². The van der Waals surface area contributed by atoms with Crippen LogP contribution in [0.2, 0.25) is 0 Å². The smallest absolute Gasteiger partial charge is 0.276 e. The van der Waals surface area contributed by atoms with Crippen molar-refractivity contribution in [2.75, 3.05) is 10.6 Å². The zero-order valence-corrected chi connectivity index (χ0v) is 16.7. The first-order chi connectivity index (χ1) is 12.8. The summed E-state index contributed by atoms with van der Waals surface area (Å²) in [5, 5.41) is 14.2. The van der Waals surface area contributed by atoms with Gasteiger partial charge in [0.15, 0.2) is 5.69 Å². The third kappa shape index (κ3) is 4.43. The molecule has 3 rings (SSSR count). The number of halogens is 1. The zero-order chi connectivity index (χ0) is 19.6. The maximum absolute atomic E-state index is 12.4. The Hall–Kier alpha value is -2.94. The normalized spacial score (nSPS) is 10.7. The lowest BCUT2D eigenvalue weighted by atomic mass is 10.2. The molecule has 2 aromatic heterocycles. The SMILES string of the molecule is CC(=O)Nc1ccc(NC(=O)c2ccn(Cn3nc(C)c(Br)c3C)n2)cc1. The van der Waals surface area contributed by atoms with E-state index in [1.165, 1.54) is 6.92 Å². The molecule has 0 bridgehead atoms. The molecule has 2 amide bonds. The third-order valence-electron chi connectivity index (χ3n) is 3.91. The van der Waals surface area contributed by atoms with Gasteiger partial charge in [-0.3, -0.25) is 14.3 Å². The van der Waals surface area contributed by atoms with Crippen LogP contribution in [0.1, 0.15) is 28.8 Å². The highest BCUT2D eigenvalue weighted by Gasteiger charge is 2.12. The van der Waals surface area contributed by atoms with Gasteiger partial charge in [0.25, 0.3) is 5.91 Å². The molecule has 1 aromatic carbocycles. The predicted octanol–water partition coefficient (Wildman–Crippen LogP) is 3.18. The number of benzene rings is 1. The number of aryl methyl sites for hydroxylation is 1. The molecule has 0 fully saturated rings. The van der Waals surface area contributed by atoms with Crippen molar-refractivity contribution in [3.63, 3.8) is 0 Å². The van der Waals surface area contributed by atoms with Crippen molar-refractivity contribution in [3.8, 4) is 0 Å². The van der Waals surface area contributed by atoms with Crippen molar-refractivity contribution in [1.29, 1.82) is 0 Å². The van der Waals surface area contributed by atoms with Crippen LogP contribution in [0.4, 0.5) is 11.4 Å². The summed E-state index contributed by atoms with van der Waals surface area (Å²) >= 11 is 3.50. The van der Waals surface area contributed by atoms with Crippen molar-refractivity contribution in [2.45, 2.75) is 27.4 Å². The lowest BCUT2D eigenvalue weighted by molar-refractivity contribution is -0.114. The summed E-state index contributed by atoms with van der Waals surface area (Å²) in [4.78, 5) is 23.4. The molecule has 9 heteroatoms. The van der Waals surface area contributed by atoms with E-state index >= 15 is 0 Å². The Bertz CT molecular complexity index is 990. The Kier molecular flexibility index (Phi) is 5.41. The molecule has 3 aromatic rings. The number of hydrogen-bond donors (Lipinski definition) is 2. The molecule has 8 nitrogen and oxygen atoms in total. The Labute approximate surface area is 164 Å². The summed E-state index contributed by atoms with van der Waals surface area (Å²) in [7, 11) is 0. The Balaban J connectivity index is 1.66. The largest absolute Gasteiger partial charge is 0.326 e. The lowest BCUT2D eigenvalue weighted by Crippen LogP contribution is -2.15. The van der Waals surface area contributed by atoms with Crippen LogP contribution in [0, 0.1) is 13.8 Å². The molecule has 0 saturated heterocycles. The van der Waals surface area contributed by atoms with E-state index in [9.17, 15) is 9.59 Å². The van der Waals surface area contributed by atoms with Gasteiger partial charge in [0.05, 0.1) is 15.9 Å². The minimum Gasteiger partial charge on any atom is -0.326 e. The summed E-state index contributed by atoms with van der Waals surface area (Å²) in [5.74, 6) is -0.456. The van der Waals surface area contributed by atoms with Crippen LogP contribution in [-0.4, -0.2) is 31.4 Å². The van der Waals surface area contributed by atoms with Crippen molar-refractivity contribution in [2.24, 2.45) is 0 Å². The molecule has 0 aliphatic carbocycles. The zero-order valence-electron chi connectivity index (χ0n) is 15.2. The molecule has 0 radical (unpaired) electrons. The van der Waals surface area contributed by atoms with Gasteiger partial charge >= 0.3 is 0 Å². The molecular weight excluding hydrogens is 412 g/mol. The maximum atomic E-state index is 12.4. The van der Waals surface area contributed by atoms with E-state index in [1.807, 2.05) is 18.5 Å². The average molecular weight is 431 g/mol. The lowest BCUT2D eigenvalue weighted by Gasteiger charge is -2.06. The number of carbonyl (C=O) groups is 2. The van der Waals surface area contributed by atoms with Crippen LogP contribution in [0.25, 0.3) is 0 Å². The average Bonchev–Trinajstić information content (AvgIpc) is 3.18. The van der Waals surface area contributed by atoms with Gasteiger partial charge in [-0.2, -0.15) is 10.2 Å². The van der Waals surface area contributed by atoms with Crippen LogP contribution in [-0.2, 0) is 11.5 Å². The standard InChI is InChI=1S/C18H19BrN6O2/c1-11-17(19)12(2)25(22-11)10-24-9-8-16(23-24)18(27)21-15-6-4-14(5-7-15)20-13(3)26/h4-9H,10H2,1-3H3,(H,20,26)(H,21,27). The Morgan fingerprint density at radius 1 is 1.04 bits per heavy atom. The summed E-state index contributed by atoms with van der Waals surface area (Å²) in [5.41, 5.74) is 3.49. The van der Waals surface area contributed by atoms with Crippen molar-refractivity contribution >= 4 is 39.1 Å². The van der Waals surface area contributed by atoms with E-state index in [2.05, 4.69) is 36.8 Å². The van der Waals surface area contributed by atoms with Gasteiger partial charge in [-0.1, -0.05) is 0 Å². The molecule has 27 heavy (non-hydrogen) atoms. The van der Waals surface area contributed by atoms with Crippen molar-refractivity contribution in [1.82, 2.24) is 19.6 Å². The summed E-state index contributed by atoms with van der Waals surface area (Å²) < 4.78 is 4.44. The van der Waals surface area contributed by atoms with Gasteiger partial charge < -0.3 is 10.6 Å². The van der Waals surface area contributed by atoms with Crippen molar-refractivity contribution in [3.05, 3.63) is 58.1 Å². The minimum atomic E-state index is -0.310. The molecular formula is C18H19BrN6O2. The topological polar surface area (TPSA) is 93.8 Å². The number of carbonyl (C=O) groups excluding carboxylic acids is 2. The fraction of sp³-hybridized carbons (Fsp3) is 0.222. The van der Waals surface area contributed by atoms with Crippen molar-refractivity contribution < 1.29 is 9.59 Å². The van der Waals surface area contributed by atoms with Crippen LogP contribution < -0.4 is 10.6 Å². The quantitative estimate of drug-likeness (QED) is 0.649. The number of hydrogen-bond acceptors (Lipinski definition) is 4. The molecule has 0 spiro atoms. The maximum Gasteiger partial charge on any atom is 0.276 e. The number of anilines is 2. The fourth-order valence-corrected chi connectivity index (χ4v) is 2.83. The Morgan fingerprint density at radius 3 is 2.22 bits per heavy atom. The number of amides is 2. The molecule has 0 aliphatic heterocycles. The monoisotopic (exact) mass is 430 g/mol. The van der Waals surface area contributed by atoms with Crippen LogP contribution in [0.3, 0.4) is 0 Å². The second-order valence-electron chi connectivity index (χ2n) is 6.08. The number of rotatable bonds is 5. The van der Waals surface area contributed by atoms with E-state index in [0.717, 1.165) is 15.9 Å². The van der Waals surface area contributed by atoms with Crippen LogP contribution in [0.15, 0.2) is 41.0 Å². The first-order valence-corrected chi connectivity index (χ1v) is 9.05. The fourth-order valence-electron chi connectivity index (χ4n) is 2.55. The van der Waals surface area contributed by atoms with Gasteiger partial charge in [-0.15, -0.1) is 0 Å². The number of nitrogens with zero attached hydrogens (tertiary/aromatic N) is 4. The molecule has 2 heterocycles. The van der Waals surface area contributed by atoms with Gasteiger partial charge in [-0.25, -0.2) is 4.68 Å². The van der Waals surface area contributed by atoms with E-state index in [-0.39, 0.29) is 11.8 Å². The molecule has 140 valence electrons. The first-order valence-electron chi connectivity index (χ1n) is 8.25. The molecule has 0 atom stereocenters. The van der Waals surface area contributed by atoms with Gasteiger partial charge in [0, 0.05) is 24.5 Å². The first kappa shape index (κ1) is 18.8. The summed E-state index contributed by atoms with van der Waals surface area (Å²) in [6.07, 6.45) is 1.74. The van der Waals surface area contributed by atoms with E-state index in [1.54, 1.807) is 41.2 Å². The highest BCUT2D eigenvalue weighted by atomic mass is 79.9. The van der Waals surface area contributed by atoms with E-state index < -0.39 is 0 Å².